The second-order valence-electron chi connectivity index (χ2n) is 3.82. The number of carbonyl (C=O) groups is 1. The van der Waals surface area contributed by atoms with Gasteiger partial charge in [0.2, 0.25) is 5.91 Å². The van der Waals surface area contributed by atoms with Gasteiger partial charge in [0.25, 0.3) is 0 Å². The van der Waals surface area contributed by atoms with Crippen LogP contribution in [-0.4, -0.2) is 28.4 Å². The summed E-state index contributed by atoms with van der Waals surface area (Å²) in [5.74, 6) is -0.149. The number of nitrogens with two attached hydrogens (primary N) is 1. The van der Waals surface area contributed by atoms with Crippen LogP contribution in [0.2, 0.25) is 0 Å². The number of aromatic nitrogens is 1. The third-order valence-electron chi connectivity index (χ3n) is 2.29. The summed E-state index contributed by atoms with van der Waals surface area (Å²) in [5, 5.41) is 8.57. The SMILES string of the molecule is CC(N)C(=O)N(CCC#N)Cc1cccnc1. The summed E-state index contributed by atoms with van der Waals surface area (Å²) in [7, 11) is 0. The highest BCUT2D eigenvalue weighted by Gasteiger charge is 2.17. The number of hydrogen-bond acceptors (Lipinski definition) is 4. The maximum Gasteiger partial charge on any atom is 0.239 e. The minimum absolute atomic E-state index is 0.149. The molecule has 0 aliphatic carbocycles. The van der Waals surface area contributed by atoms with Crippen LogP contribution >= 0.6 is 0 Å². The lowest BCUT2D eigenvalue weighted by Crippen LogP contribution is -2.42. The molecule has 90 valence electrons. The molecule has 0 aromatic carbocycles. The Balaban J connectivity index is 2.70. The zero-order valence-corrected chi connectivity index (χ0v) is 9.84. The lowest BCUT2D eigenvalue weighted by molar-refractivity contribution is -0.132. The molecule has 0 aliphatic rings. The van der Waals surface area contributed by atoms with E-state index in [1.807, 2.05) is 18.2 Å². The van der Waals surface area contributed by atoms with E-state index in [0.29, 0.717) is 19.5 Å². The van der Waals surface area contributed by atoms with E-state index in [1.54, 1.807) is 24.2 Å². The number of pyridine rings is 1. The molecule has 0 aliphatic heterocycles. The van der Waals surface area contributed by atoms with Crippen LogP contribution < -0.4 is 5.73 Å². The molecule has 17 heavy (non-hydrogen) atoms. The molecule has 1 rings (SSSR count). The van der Waals surface area contributed by atoms with Gasteiger partial charge in [-0.25, -0.2) is 0 Å². The van der Waals surface area contributed by atoms with Gasteiger partial charge in [-0.05, 0) is 18.6 Å². The van der Waals surface area contributed by atoms with Crippen molar-refractivity contribution in [2.75, 3.05) is 6.54 Å². The highest BCUT2D eigenvalue weighted by molar-refractivity contribution is 5.81. The van der Waals surface area contributed by atoms with E-state index in [-0.39, 0.29) is 5.91 Å². The normalized spacial score (nSPS) is 11.6. The Labute approximate surface area is 101 Å². The number of carbonyl (C=O) groups excluding carboxylic acids is 1. The van der Waals surface area contributed by atoms with Gasteiger partial charge in [0, 0.05) is 25.5 Å². The van der Waals surface area contributed by atoms with Crippen molar-refractivity contribution >= 4 is 5.91 Å². The summed E-state index contributed by atoms with van der Waals surface area (Å²) < 4.78 is 0. The summed E-state index contributed by atoms with van der Waals surface area (Å²) in [6.07, 6.45) is 3.68. The molecule has 1 unspecified atom stereocenters. The number of rotatable bonds is 5. The number of nitrogens with zero attached hydrogens (tertiary/aromatic N) is 3. The maximum absolute atomic E-state index is 11.8. The van der Waals surface area contributed by atoms with Crippen molar-refractivity contribution in [1.82, 2.24) is 9.88 Å². The van der Waals surface area contributed by atoms with Crippen LogP contribution in [0.15, 0.2) is 24.5 Å². The average molecular weight is 232 g/mol. The van der Waals surface area contributed by atoms with Gasteiger partial charge < -0.3 is 10.6 Å². The average Bonchev–Trinajstić information content (AvgIpc) is 2.34. The van der Waals surface area contributed by atoms with E-state index in [1.165, 1.54) is 0 Å². The summed E-state index contributed by atoms with van der Waals surface area (Å²) in [6, 6.07) is 5.18. The largest absolute Gasteiger partial charge is 0.336 e. The first-order valence-electron chi connectivity index (χ1n) is 5.45. The van der Waals surface area contributed by atoms with Crippen LogP contribution in [0.1, 0.15) is 18.9 Å². The molecular formula is C12H16N4O. The Bertz CT molecular complexity index is 397. The van der Waals surface area contributed by atoms with Crippen molar-refractivity contribution in [2.24, 2.45) is 5.73 Å². The Morgan fingerprint density at radius 2 is 2.47 bits per heavy atom. The minimum Gasteiger partial charge on any atom is -0.336 e. The third-order valence-corrected chi connectivity index (χ3v) is 2.29. The van der Waals surface area contributed by atoms with Crippen LogP contribution in [-0.2, 0) is 11.3 Å². The fourth-order valence-corrected chi connectivity index (χ4v) is 1.45. The highest BCUT2D eigenvalue weighted by Crippen LogP contribution is 2.05. The van der Waals surface area contributed by atoms with Crippen molar-refractivity contribution < 1.29 is 4.79 Å². The summed E-state index contributed by atoms with van der Waals surface area (Å²) in [4.78, 5) is 17.4. The number of nitriles is 1. The van der Waals surface area contributed by atoms with Gasteiger partial charge in [-0.2, -0.15) is 5.26 Å². The molecule has 1 aromatic heterocycles. The molecule has 2 N–H and O–H groups in total. The van der Waals surface area contributed by atoms with Gasteiger partial charge in [0.15, 0.2) is 0 Å². The Kier molecular flexibility index (Phi) is 5.11. The molecule has 0 radical (unpaired) electrons. The Morgan fingerprint density at radius 1 is 1.71 bits per heavy atom. The monoisotopic (exact) mass is 232 g/mol. The van der Waals surface area contributed by atoms with Crippen LogP contribution in [0.25, 0.3) is 0 Å². The fourth-order valence-electron chi connectivity index (χ4n) is 1.45. The van der Waals surface area contributed by atoms with Gasteiger partial charge >= 0.3 is 0 Å². The summed E-state index contributed by atoms with van der Waals surface area (Å²) in [6.45, 7) is 2.48. The molecule has 1 amide bonds. The summed E-state index contributed by atoms with van der Waals surface area (Å²) in [5.41, 5.74) is 6.50. The van der Waals surface area contributed by atoms with E-state index in [2.05, 4.69) is 4.98 Å². The quantitative estimate of drug-likeness (QED) is 0.808. The molecule has 5 heteroatoms. The van der Waals surface area contributed by atoms with E-state index >= 15 is 0 Å². The molecule has 0 saturated heterocycles. The lowest BCUT2D eigenvalue weighted by Gasteiger charge is -2.23. The predicted octanol–water partition coefficient (Wildman–Crippen LogP) is 0.671. The highest BCUT2D eigenvalue weighted by atomic mass is 16.2. The molecule has 0 saturated carbocycles. The molecule has 0 bridgehead atoms. The van der Waals surface area contributed by atoms with Crippen LogP contribution in [0.3, 0.4) is 0 Å². The molecule has 1 heterocycles. The zero-order chi connectivity index (χ0) is 12.7. The first kappa shape index (κ1) is 13.1. The first-order chi connectivity index (χ1) is 8.15. The fraction of sp³-hybridized carbons (Fsp3) is 0.417. The lowest BCUT2D eigenvalue weighted by atomic mass is 10.2. The van der Waals surface area contributed by atoms with Gasteiger partial charge in [-0.15, -0.1) is 0 Å². The van der Waals surface area contributed by atoms with E-state index in [4.69, 9.17) is 11.0 Å². The number of hydrogen-bond donors (Lipinski definition) is 1. The molecular weight excluding hydrogens is 216 g/mol. The smallest absolute Gasteiger partial charge is 0.239 e. The van der Waals surface area contributed by atoms with Gasteiger partial charge in [0.1, 0.15) is 0 Å². The second kappa shape index (κ2) is 6.61. The van der Waals surface area contributed by atoms with Gasteiger partial charge in [-0.3, -0.25) is 9.78 Å². The first-order valence-corrected chi connectivity index (χ1v) is 5.45. The van der Waals surface area contributed by atoms with Crippen molar-refractivity contribution in [1.29, 1.82) is 5.26 Å². The van der Waals surface area contributed by atoms with Gasteiger partial charge in [-0.1, -0.05) is 6.07 Å². The number of amides is 1. The van der Waals surface area contributed by atoms with Crippen LogP contribution in [0.5, 0.6) is 0 Å². The molecule has 0 spiro atoms. The molecule has 1 aromatic rings. The van der Waals surface area contributed by atoms with E-state index in [0.717, 1.165) is 5.56 Å². The minimum atomic E-state index is -0.551. The standard InChI is InChI=1S/C12H16N4O/c1-10(14)12(17)16(7-3-5-13)9-11-4-2-6-15-8-11/h2,4,6,8,10H,3,7,9,14H2,1H3. The van der Waals surface area contributed by atoms with E-state index < -0.39 is 6.04 Å². The zero-order valence-electron chi connectivity index (χ0n) is 9.84. The van der Waals surface area contributed by atoms with Gasteiger partial charge in [0.05, 0.1) is 18.5 Å². The van der Waals surface area contributed by atoms with Crippen LogP contribution in [0.4, 0.5) is 0 Å². The Hall–Kier alpha value is -1.93. The second-order valence-corrected chi connectivity index (χ2v) is 3.82. The predicted molar refractivity (Wildman–Crippen MR) is 63.5 cm³/mol. The van der Waals surface area contributed by atoms with Crippen LogP contribution in [0, 0.1) is 11.3 Å². The maximum atomic E-state index is 11.8. The third kappa shape index (κ3) is 4.21. The van der Waals surface area contributed by atoms with Crippen molar-refractivity contribution in [3.05, 3.63) is 30.1 Å². The summed E-state index contributed by atoms with van der Waals surface area (Å²) >= 11 is 0. The van der Waals surface area contributed by atoms with E-state index in [9.17, 15) is 4.79 Å². The Morgan fingerprint density at radius 3 is 3.00 bits per heavy atom. The van der Waals surface area contributed by atoms with Crippen molar-refractivity contribution in [3.8, 4) is 6.07 Å². The van der Waals surface area contributed by atoms with Crippen molar-refractivity contribution in [3.63, 3.8) is 0 Å². The molecule has 0 fully saturated rings. The molecule has 5 nitrogen and oxygen atoms in total. The molecule has 1 atom stereocenters. The topological polar surface area (TPSA) is 83.0 Å². The van der Waals surface area contributed by atoms with Crippen molar-refractivity contribution in [2.45, 2.75) is 25.9 Å².